The van der Waals surface area contributed by atoms with Crippen LogP contribution in [0.2, 0.25) is 0 Å². The van der Waals surface area contributed by atoms with Crippen molar-refractivity contribution in [3.05, 3.63) is 40.4 Å². The minimum absolute atomic E-state index is 0.0942. The van der Waals surface area contributed by atoms with Crippen LogP contribution < -0.4 is 21.3 Å². The first-order chi connectivity index (χ1) is 17.4. The fourth-order valence-corrected chi connectivity index (χ4v) is 5.73. The number of aryl methyl sites for hydroxylation is 2. The minimum Gasteiger partial charge on any atom is -0.465 e. The molecule has 1 aliphatic heterocycles. The van der Waals surface area contributed by atoms with E-state index < -0.39 is 28.3 Å². The zero-order valence-corrected chi connectivity index (χ0v) is 21.3. The van der Waals surface area contributed by atoms with Gasteiger partial charge in [0.2, 0.25) is 5.91 Å². The average Bonchev–Trinajstić information content (AvgIpc) is 3.19. The smallest absolute Gasteiger partial charge is 0.407 e. The molecule has 0 bridgehead atoms. The Labute approximate surface area is 216 Å². The molecule has 0 saturated carbocycles. The number of carbonyl (C=O) groups excluding carboxylic acids is 2. The van der Waals surface area contributed by atoms with Crippen molar-refractivity contribution >= 4 is 56.0 Å². The lowest BCUT2D eigenvalue weighted by molar-refractivity contribution is -0.114. The van der Waals surface area contributed by atoms with Gasteiger partial charge < -0.3 is 25.7 Å². The standard InChI is InChI=1S/C21H26N6O8S2/c1-12(28)22-19-24-15(16(36-19)17(29)27-8-10-37(34,35)11-9-27)7-4-13-2-5-14(6-3-13)23-18(25-20(30)31)26-21(32)33/h2-3,5-6,18,23,25-26H,4,7-11H2,1H3,(H,30,31)(H,32,33)(H,22,24,28). The van der Waals surface area contributed by atoms with Crippen molar-refractivity contribution in [1.82, 2.24) is 20.5 Å². The maximum Gasteiger partial charge on any atom is 0.407 e. The van der Waals surface area contributed by atoms with E-state index in [1.807, 2.05) is 10.6 Å². The molecule has 1 aromatic heterocycles. The predicted molar refractivity (Wildman–Crippen MR) is 135 cm³/mol. The molecule has 1 aromatic carbocycles. The summed E-state index contributed by atoms with van der Waals surface area (Å²) in [5, 5.41) is 27.2. The van der Waals surface area contributed by atoms with Crippen LogP contribution in [0.4, 0.5) is 20.4 Å². The zero-order valence-electron chi connectivity index (χ0n) is 19.7. The van der Waals surface area contributed by atoms with Crippen molar-refractivity contribution in [1.29, 1.82) is 0 Å². The summed E-state index contributed by atoms with van der Waals surface area (Å²) < 4.78 is 23.5. The van der Waals surface area contributed by atoms with Gasteiger partial charge in [-0.05, 0) is 30.5 Å². The van der Waals surface area contributed by atoms with Gasteiger partial charge in [-0.15, -0.1) is 0 Å². The Bertz CT molecular complexity index is 1250. The molecule has 2 aromatic rings. The van der Waals surface area contributed by atoms with Crippen molar-refractivity contribution in [2.75, 3.05) is 35.2 Å². The molecule has 37 heavy (non-hydrogen) atoms. The van der Waals surface area contributed by atoms with Gasteiger partial charge in [0.1, 0.15) is 4.88 Å². The van der Waals surface area contributed by atoms with Crippen molar-refractivity contribution in [3.8, 4) is 0 Å². The lowest BCUT2D eigenvalue weighted by Crippen LogP contribution is -2.52. The van der Waals surface area contributed by atoms with E-state index in [0.29, 0.717) is 29.1 Å². The Kier molecular flexibility index (Phi) is 8.88. The highest BCUT2D eigenvalue weighted by atomic mass is 32.2. The Morgan fingerprint density at radius 3 is 2.16 bits per heavy atom. The van der Waals surface area contributed by atoms with E-state index in [2.05, 4.69) is 15.6 Å². The quantitative estimate of drug-likeness (QED) is 0.242. The third kappa shape index (κ3) is 8.32. The molecule has 16 heteroatoms. The van der Waals surface area contributed by atoms with Gasteiger partial charge in [-0.2, -0.15) is 0 Å². The Morgan fingerprint density at radius 1 is 1.03 bits per heavy atom. The number of nitrogens with one attached hydrogen (secondary N) is 4. The van der Waals surface area contributed by atoms with Crippen LogP contribution in [0, 0.1) is 0 Å². The number of carbonyl (C=O) groups is 4. The molecule has 3 rings (SSSR count). The first-order valence-electron chi connectivity index (χ1n) is 11.0. The number of amides is 4. The number of rotatable bonds is 9. The molecule has 200 valence electrons. The van der Waals surface area contributed by atoms with E-state index in [1.165, 1.54) is 11.8 Å². The second-order valence-corrected chi connectivity index (χ2v) is 11.4. The Balaban J connectivity index is 1.70. The highest BCUT2D eigenvalue weighted by Crippen LogP contribution is 2.27. The first-order valence-corrected chi connectivity index (χ1v) is 13.7. The van der Waals surface area contributed by atoms with Gasteiger partial charge in [0.15, 0.2) is 21.3 Å². The van der Waals surface area contributed by atoms with Crippen LogP contribution in [-0.2, 0) is 27.5 Å². The summed E-state index contributed by atoms with van der Waals surface area (Å²) in [7, 11) is -3.16. The largest absolute Gasteiger partial charge is 0.465 e. The van der Waals surface area contributed by atoms with Crippen molar-refractivity contribution in [2.45, 2.75) is 26.1 Å². The number of thiazole rings is 1. The molecular weight excluding hydrogens is 528 g/mol. The SMILES string of the molecule is CC(=O)Nc1nc(CCc2ccc(NC(NC(=O)O)NC(=O)O)cc2)c(C(=O)N2CCS(=O)(=O)CC2)s1. The minimum atomic E-state index is -3.16. The third-order valence-electron chi connectivity index (χ3n) is 5.26. The maximum absolute atomic E-state index is 13.1. The van der Waals surface area contributed by atoms with Crippen molar-refractivity contribution in [3.63, 3.8) is 0 Å². The van der Waals surface area contributed by atoms with Crippen LogP contribution in [0.15, 0.2) is 24.3 Å². The van der Waals surface area contributed by atoms with Gasteiger partial charge in [0.25, 0.3) is 5.91 Å². The first kappa shape index (κ1) is 27.7. The van der Waals surface area contributed by atoms with E-state index in [4.69, 9.17) is 10.2 Å². The number of benzene rings is 1. The van der Waals surface area contributed by atoms with Crippen LogP contribution in [-0.4, -0.2) is 83.4 Å². The molecule has 0 unspecified atom stereocenters. The number of nitrogens with zero attached hydrogens (tertiary/aromatic N) is 2. The molecule has 6 N–H and O–H groups in total. The molecule has 2 heterocycles. The molecular formula is C21H26N6O8S2. The van der Waals surface area contributed by atoms with Crippen LogP contribution in [0.5, 0.6) is 0 Å². The fourth-order valence-electron chi connectivity index (χ4n) is 3.50. The molecule has 14 nitrogen and oxygen atoms in total. The number of carboxylic acid groups (broad SMARTS) is 2. The number of sulfone groups is 1. The topological polar surface area (TPSA) is 207 Å². The second kappa shape index (κ2) is 11.9. The highest BCUT2D eigenvalue weighted by molar-refractivity contribution is 7.91. The number of hydrogen-bond acceptors (Lipinski definition) is 9. The third-order valence-corrected chi connectivity index (χ3v) is 7.87. The van der Waals surface area contributed by atoms with Gasteiger partial charge in [0.05, 0.1) is 17.2 Å². The predicted octanol–water partition coefficient (Wildman–Crippen LogP) is 0.988. The molecule has 0 aliphatic carbocycles. The summed E-state index contributed by atoms with van der Waals surface area (Å²) in [6.07, 6.45) is -3.26. The summed E-state index contributed by atoms with van der Waals surface area (Å²) >= 11 is 1.04. The zero-order chi connectivity index (χ0) is 27.2. The molecule has 0 atom stereocenters. The second-order valence-electron chi connectivity index (χ2n) is 8.09. The fraction of sp³-hybridized carbons (Fsp3) is 0.381. The van der Waals surface area contributed by atoms with Gasteiger partial charge in [0, 0.05) is 25.7 Å². The monoisotopic (exact) mass is 554 g/mol. The van der Waals surface area contributed by atoms with Crippen molar-refractivity contribution < 1.29 is 37.8 Å². The summed E-state index contributed by atoms with van der Waals surface area (Å²) in [4.78, 5) is 52.5. The van der Waals surface area contributed by atoms with Gasteiger partial charge in [-0.25, -0.2) is 23.0 Å². The molecule has 1 aliphatic rings. The maximum atomic E-state index is 13.1. The van der Waals surface area contributed by atoms with Gasteiger partial charge in [-0.1, -0.05) is 23.5 Å². The van der Waals surface area contributed by atoms with Gasteiger partial charge in [-0.3, -0.25) is 20.2 Å². The summed E-state index contributed by atoms with van der Waals surface area (Å²) in [6, 6.07) is 6.77. The summed E-state index contributed by atoms with van der Waals surface area (Å²) in [5.41, 5.74) is 1.79. The molecule has 1 saturated heterocycles. The normalized spacial score (nSPS) is 14.6. The van der Waals surface area contributed by atoms with E-state index in [1.54, 1.807) is 24.3 Å². The van der Waals surface area contributed by atoms with Crippen LogP contribution >= 0.6 is 11.3 Å². The van der Waals surface area contributed by atoms with E-state index in [-0.39, 0.29) is 41.5 Å². The van der Waals surface area contributed by atoms with E-state index in [0.717, 1.165) is 16.9 Å². The summed E-state index contributed by atoms with van der Waals surface area (Å²) in [5.74, 6) is -0.867. The lowest BCUT2D eigenvalue weighted by Gasteiger charge is -2.26. The van der Waals surface area contributed by atoms with Crippen molar-refractivity contribution in [2.24, 2.45) is 0 Å². The van der Waals surface area contributed by atoms with E-state index in [9.17, 15) is 27.6 Å². The van der Waals surface area contributed by atoms with Crippen LogP contribution in [0.3, 0.4) is 0 Å². The summed E-state index contributed by atoms with van der Waals surface area (Å²) in [6.45, 7) is 1.52. The number of hydrogen-bond donors (Lipinski definition) is 6. The van der Waals surface area contributed by atoms with Crippen LogP contribution in [0.25, 0.3) is 0 Å². The molecule has 1 fully saturated rings. The average molecular weight is 555 g/mol. The highest BCUT2D eigenvalue weighted by Gasteiger charge is 2.29. The Hall–Kier alpha value is -3.92. The number of anilines is 2. The molecule has 4 amide bonds. The molecule has 0 radical (unpaired) electrons. The van der Waals surface area contributed by atoms with Gasteiger partial charge >= 0.3 is 12.2 Å². The lowest BCUT2D eigenvalue weighted by atomic mass is 10.1. The van der Waals surface area contributed by atoms with Crippen LogP contribution in [0.1, 0.15) is 27.9 Å². The number of aromatic nitrogens is 1. The van der Waals surface area contributed by atoms with E-state index >= 15 is 0 Å². The molecule has 0 spiro atoms. The Morgan fingerprint density at radius 2 is 1.62 bits per heavy atom.